The summed E-state index contributed by atoms with van der Waals surface area (Å²) in [7, 11) is 0. The molecule has 0 spiro atoms. The normalized spacial score (nSPS) is 12.0. The van der Waals surface area contributed by atoms with Gasteiger partial charge in [0.1, 0.15) is 0 Å². The van der Waals surface area contributed by atoms with Crippen LogP contribution in [-0.2, 0) is 4.74 Å². The highest BCUT2D eigenvalue weighted by Crippen LogP contribution is 2.12. The molecule has 0 amide bonds. The summed E-state index contributed by atoms with van der Waals surface area (Å²) in [5, 5.41) is 0. The van der Waals surface area contributed by atoms with Crippen LogP contribution < -0.4 is 5.73 Å². The van der Waals surface area contributed by atoms with E-state index in [9.17, 15) is 0 Å². The summed E-state index contributed by atoms with van der Waals surface area (Å²) >= 11 is 3.91. The molecule has 2 nitrogen and oxygen atoms in total. The van der Waals surface area contributed by atoms with E-state index in [1.165, 1.54) is 0 Å². The van der Waals surface area contributed by atoms with Crippen molar-refractivity contribution in [3.8, 4) is 0 Å². The van der Waals surface area contributed by atoms with Crippen LogP contribution in [0.4, 0.5) is 0 Å². The molecular formula is C6H15NOS. The van der Waals surface area contributed by atoms with Crippen LogP contribution in [-0.4, -0.2) is 19.1 Å². The van der Waals surface area contributed by atoms with E-state index >= 15 is 0 Å². The molecule has 0 bridgehead atoms. The summed E-state index contributed by atoms with van der Waals surface area (Å²) in [5.74, 6) is 0.476. The minimum Gasteiger partial charge on any atom is -0.371 e. The molecule has 0 unspecified atom stereocenters. The Hall–Kier alpha value is 0.270. The maximum Gasteiger partial charge on any atom is 0.0892 e. The van der Waals surface area contributed by atoms with E-state index in [2.05, 4.69) is 26.5 Å². The molecule has 0 rings (SSSR count). The standard InChI is InChI=1S/C6H15NOS/c1-6(2,3-7)4-8-5-9/h9H,3-5,7H2,1-2H3. The molecule has 2 N–H and O–H groups in total. The topological polar surface area (TPSA) is 35.2 Å². The van der Waals surface area contributed by atoms with Crippen LogP contribution in [0.15, 0.2) is 0 Å². The summed E-state index contributed by atoms with van der Waals surface area (Å²) in [6.07, 6.45) is 0. The van der Waals surface area contributed by atoms with Crippen LogP contribution in [0.25, 0.3) is 0 Å². The van der Waals surface area contributed by atoms with Gasteiger partial charge in [0.2, 0.25) is 0 Å². The highest BCUT2D eigenvalue weighted by molar-refractivity contribution is 7.80. The first-order valence-corrected chi connectivity index (χ1v) is 3.64. The molecular weight excluding hydrogens is 134 g/mol. The predicted molar refractivity (Wildman–Crippen MR) is 42.6 cm³/mol. The van der Waals surface area contributed by atoms with Gasteiger partial charge in [0.25, 0.3) is 0 Å². The first-order chi connectivity index (χ1) is 4.12. The second-order valence-corrected chi connectivity index (χ2v) is 3.10. The van der Waals surface area contributed by atoms with Crippen molar-refractivity contribution < 1.29 is 4.74 Å². The molecule has 0 aliphatic carbocycles. The van der Waals surface area contributed by atoms with Crippen LogP contribution in [0.2, 0.25) is 0 Å². The monoisotopic (exact) mass is 149 g/mol. The van der Waals surface area contributed by atoms with Gasteiger partial charge >= 0.3 is 0 Å². The maximum atomic E-state index is 5.44. The molecule has 0 aromatic rings. The second kappa shape index (κ2) is 4.14. The zero-order valence-corrected chi connectivity index (χ0v) is 6.95. The smallest absolute Gasteiger partial charge is 0.0892 e. The lowest BCUT2D eigenvalue weighted by Crippen LogP contribution is -2.28. The molecule has 0 aromatic carbocycles. The van der Waals surface area contributed by atoms with Crippen molar-refractivity contribution in [2.75, 3.05) is 19.1 Å². The SMILES string of the molecule is CC(C)(CN)COCS. The Morgan fingerprint density at radius 1 is 1.56 bits per heavy atom. The average molecular weight is 149 g/mol. The van der Waals surface area contributed by atoms with Crippen molar-refractivity contribution in [1.29, 1.82) is 0 Å². The predicted octanol–water partition coefficient (Wildman–Crippen LogP) is 0.875. The third-order valence-corrected chi connectivity index (χ3v) is 1.32. The molecule has 9 heavy (non-hydrogen) atoms. The van der Waals surface area contributed by atoms with Crippen LogP contribution in [0.1, 0.15) is 13.8 Å². The fraction of sp³-hybridized carbons (Fsp3) is 1.00. The van der Waals surface area contributed by atoms with E-state index in [-0.39, 0.29) is 5.41 Å². The molecule has 0 aliphatic rings. The first kappa shape index (κ1) is 9.27. The molecule has 0 atom stereocenters. The molecule has 0 saturated heterocycles. The zero-order chi connectivity index (χ0) is 7.33. The number of thiol groups is 1. The van der Waals surface area contributed by atoms with Gasteiger partial charge in [0.05, 0.1) is 12.5 Å². The van der Waals surface area contributed by atoms with Gasteiger partial charge in [0.15, 0.2) is 0 Å². The number of rotatable bonds is 4. The Balaban J connectivity index is 3.33. The molecule has 0 aliphatic heterocycles. The maximum absolute atomic E-state index is 5.44. The van der Waals surface area contributed by atoms with Crippen LogP contribution >= 0.6 is 12.6 Å². The highest BCUT2D eigenvalue weighted by atomic mass is 32.1. The fourth-order valence-corrected chi connectivity index (χ4v) is 0.472. The third-order valence-electron chi connectivity index (χ3n) is 1.14. The van der Waals surface area contributed by atoms with Crippen molar-refractivity contribution in [3.63, 3.8) is 0 Å². The van der Waals surface area contributed by atoms with E-state index in [0.717, 1.165) is 0 Å². The number of hydrogen-bond acceptors (Lipinski definition) is 3. The van der Waals surface area contributed by atoms with E-state index in [0.29, 0.717) is 19.1 Å². The summed E-state index contributed by atoms with van der Waals surface area (Å²) in [6.45, 7) is 5.47. The van der Waals surface area contributed by atoms with Gasteiger partial charge in [-0.05, 0) is 6.54 Å². The van der Waals surface area contributed by atoms with Gasteiger partial charge < -0.3 is 10.5 Å². The summed E-state index contributed by atoms with van der Waals surface area (Å²) in [6, 6.07) is 0. The summed E-state index contributed by atoms with van der Waals surface area (Å²) in [5.41, 5.74) is 5.54. The molecule has 56 valence electrons. The van der Waals surface area contributed by atoms with Crippen LogP contribution in [0.3, 0.4) is 0 Å². The Labute approximate surface area is 62.2 Å². The second-order valence-electron chi connectivity index (χ2n) is 2.85. The lowest BCUT2D eigenvalue weighted by atomic mass is 9.96. The Kier molecular flexibility index (Phi) is 4.27. The van der Waals surface area contributed by atoms with Crippen molar-refractivity contribution >= 4 is 12.6 Å². The Bertz CT molecular complexity index is 75.5. The quantitative estimate of drug-likeness (QED) is 0.459. The van der Waals surface area contributed by atoms with Gasteiger partial charge in [-0.3, -0.25) is 0 Å². The van der Waals surface area contributed by atoms with Gasteiger partial charge in [-0.25, -0.2) is 0 Å². The van der Waals surface area contributed by atoms with Crippen molar-refractivity contribution in [2.45, 2.75) is 13.8 Å². The molecule has 0 saturated carbocycles. The van der Waals surface area contributed by atoms with E-state index in [4.69, 9.17) is 10.5 Å². The molecule has 3 heteroatoms. The highest BCUT2D eigenvalue weighted by Gasteiger charge is 2.14. The first-order valence-electron chi connectivity index (χ1n) is 3.01. The third kappa shape index (κ3) is 4.75. The van der Waals surface area contributed by atoms with Crippen molar-refractivity contribution in [3.05, 3.63) is 0 Å². The molecule has 0 fully saturated rings. The molecule has 0 aromatic heterocycles. The Morgan fingerprint density at radius 3 is 2.44 bits per heavy atom. The minimum absolute atomic E-state index is 0.0999. The zero-order valence-electron chi connectivity index (χ0n) is 6.05. The van der Waals surface area contributed by atoms with Crippen LogP contribution in [0.5, 0.6) is 0 Å². The molecule has 0 heterocycles. The summed E-state index contributed by atoms with van der Waals surface area (Å²) in [4.78, 5) is 0. The van der Waals surface area contributed by atoms with Gasteiger partial charge in [-0.1, -0.05) is 13.8 Å². The van der Waals surface area contributed by atoms with Gasteiger partial charge in [-0.2, -0.15) is 12.6 Å². The molecule has 0 radical (unpaired) electrons. The van der Waals surface area contributed by atoms with E-state index < -0.39 is 0 Å². The Morgan fingerprint density at radius 2 is 2.11 bits per heavy atom. The minimum atomic E-state index is 0.0999. The van der Waals surface area contributed by atoms with Crippen molar-refractivity contribution in [2.24, 2.45) is 11.1 Å². The largest absolute Gasteiger partial charge is 0.371 e. The van der Waals surface area contributed by atoms with Gasteiger partial charge in [-0.15, -0.1) is 0 Å². The number of nitrogens with two attached hydrogens (primary N) is 1. The summed E-state index contributed by atoms with van der Waals surface area (Å²) < 4.78 is 5.07. The van der Waals surface area contributed by atoms with E-state index in [1.54, 1.807) is 0 Å². The number of ether oxygens (including phenoxy) is 1. The van der Waals surface area contributed by atoms with Crippen molar-refractivity contribution in [1.82, 2.24) is 0 Å². The van der Waals surface area contributed by atoms with Gasteiger partial charge in [0, 0.05) is 5.41 Å². The van der Waals surface area contributed by atoms with Crippen LogP contribution in [0, 0.1) is 5.41 Å². The lowest BCUT2D eigenvalue weighted by Gasteiger charge is -2.20. The van der Waals surface area contributed by atoms with E-state index in [1.807, 2.05) is 0 Å². The fourth-order valence-electron chi connectivity index (χ4n) is 0.381. The number of hydrogen-bond donors (Lipinski definition) is 2. The average Bonchev–Trinajstić information content (AvgIpc) is 1.84. The lowest BCUT2D eigenvalue weighted by molar-refractivity contribution is 0.0999.